The molecule has 1 aromatic rings. The van der Waals surface area contributed by atoms with Gasteiger partial charge in [0.1, 0.15) is 0 Å². The van der Waals surface area contributed by atoms with E-state index in [0.29, 0.717) is 5.88 Å². The smallest absolute Gasteiger partial charge is 0.0826 e. The van der Waals surface area contributed by atoms with Gasteiger partial charge in [-0.1, -0.05) is 37.3 Å². The Labute approximate surface area is 78.0 Å². The molecule has 0 unspecified atom stereocenters. The van der Waals surface area contributed by atoms with Crippen molar-refractivity contribution >= 4 is 11.6 Å². The summed E-state index contributed by atoms with van der Waals surface area (Å²) in [6.07, 6.45) is -0.441. The second-order valence-corrected chi connectivity index (χ2v) is 3.30. The monoisotopic (exact) mass is 184 g/mol. The Morgan fingerprint density at radius 2 is 1.92 bits per heavy atom. The molecule has 0 bridgehead atoms. The predicted octanol–water partition coefficient (Wildman–Crippen LogP) is 2.59. The van der Waals surface area contributed by atoms with Crippen LogP contribution in [-0.4, -0.2) is 11.0 Å². The van der Waals surface area contributed by atoms with Crippen LogP contribution in [0.1, 0.15) is 18.6 Å². The van der Waals surface area contributed by atoms with Gasteiger partial charge in [-0.25, -0.2) is 0 Å². The quantitative estimate of drug-likeness (QED) is 0.716. The lowest BCUT2D eigenvalue weighted by Crippen LogP contribution is -2.10. The highest BCUT2D eigenvalue weighted by Gasteiger charge is 2.14. The summed E-state index contributed by atoms with van der Waals surface area (Å²) in [5.74, 6) is 0.588. The van der Waals surface area contributed by atoms with Crippen molar-refractivity contribution in [2.24, 2.45) is 5.92 Å². The maximum Gasteiger partial charge on any atom is 0.0826 e. The number of hydrogen-bond donors (Lipinski definition) is 1. The Bertz CT molecular complexity index is 223. The molecule has 0 radical (unpaired) electrons. The van der Waals surface area contributed by atoms with Crippen LogP contribution in [0.5, 0.6) is 0 Å². The van der Waals surface area contributed by atoms with Gasteiger partial charge in [-0.2, -0.15) is 0 Å². The van der Waals surface area contributed by atoms with E-state index in [9.17, 15) is 5.11 Å². The first-order valence-electron chi connectivity index (χ1n) is 4.04. The molecular weight excluding hydrogens is 172 g/mol. The molecular formula is C10H13ClO. The number of hydrogen-bond acceptors (Lipinski definition) is 1. The van der Waals surface area contributed by atoms with Crippen molar-refractivity contribution in [3.05, 3.63) is 35.9 Å². The molecule has 1 nitrogen and oxygen atoms in total. The van der Waals surface area contributed by atoms with E-state index in [1.165, 1.54) is 0 Å². The highest BCUT2D eigenvalue weighted by atomic mass is 35.5. The topological polar surface area (TPSA) is 20.2 Å². The van der Waals surface area contributed by atoms with Crippen molar-refractivity contribution in [2.75, 3.05) is 5.88 Å². The van der Waals surface area contributed by atoms with Gasteiger partial charge in [0.05, 0.1) is 6.10 Å². The first-order chi connectivity index (χ1) is 5.75. The van der Waals surface area contributed by atoms with Gasteiger partial charge in [0.2, 0.25) is 0 Å². The third-order valence-corrected chi connectivity index (χ3v) is 2.41. The average molecular weight is 185 g/mol. The van der Waals surface area contributed by atoms with Gasteiger partial charge < -0.3 is 5.11 Å². The Morgan fingerprint density at radius 1 is 1.33 bits per heavy atom. The SMILES string of the molecule is C[C@H](CCl)[C@H](O)c1ccccc1. The molecule has 2 heteroatoms. The number of rotatable bonds is 3. The molecule has 2 atom stereocenters. The summed E-state index contributed by atoms with van der Waals surface area (Å²) in [4.78, 5) is 0. The maximum atomic E-state index is 9.70. The van der Waals surface area contributed by atoms with E-state index in [0.717, 1.165) is 5.56 Å². The summed E-state index contributed by atoms with van der Waals surface area (Å²) in [5.41, 5.74) is 0.936. The van der Waals surface area contributed by atoms with Crippen molar-refractivity contribution in [1.82, 2.24) is 0 Å². The molecule has 1 N–H and O–H groups in total. The van der Waals surface area contributed by atoms with Crippen molar-refractivity contribution in [1.29, 1.82) is 0 Å². The highest BCUT2D eigenvalue weighted by Crippen LogP contribution is 2.21. The maximum absolute atomic E-state index is 9.70. The Hall–Kier alpha value is -0.530. The highest BCUT2D eigenvalue weighted by molar-refractivity contribution is 6.18. The van der Waals surface area contributed by atoms with E-state index in [1.54, 1.807) is 0 Å². The molecule has 0 fully saturated rings. The standard InChI is InChI=1S/C10H13ClO/c1-8(7-11)10(12)9-5-3-2-4-6-9/h2-6,8,10,12H,7H2,1H3/t8-,10+/m1/s1. The van der Waals surface area contributed by atoms with Gasteiger partial charge in [-0.3, -0.25) is 0 Å². The van der Waals surface area contributed by atoms with Crippen LogP contribution in [0, 0.1) is 5.92 Å². The van der Waals surface area contributed by atoms with Gasteiger partial charge in [-0.05, 0) is 11.5 Å². The molecule has 0 aliphatic rings. The molecule has 66 valence electrons. The molecule has 0 amide bonds. The van der Waals surface area contributed by atoms with Crippen LogP contribution in [0.4, 0.5) is 0 Å². The number of benzene rings is 1. The molecule has 12 heavy (non-hydrogen) atoms. The summed E-state index contributed by atoms with van der Waals surface area (Å²) >= 11 is 5.64. The minimum Gasteiger partial charge on any atom is -0.388 e. The summed E-state index contributed by atoms with van der Waals surface area (Å²) < 4.78 is 0. The molecule has 0 saturated heterocycles. The fourth-order valence-electron chi connectivity index (χ4n) is 1.06. The van der Waals surface area contributed by atoms with E-state index < -0.39 is 6.10 Å². The molecule has 0 heterocycles. The van der Waals surface area contributed by atoms with Crippen molar-refractivity contribution in [3.8, 4) is 0 Å². The van der Waals surface area contributed by atoms with E-state index in [2.05, 4.69) is 0 Å². The lowest BCUT2D eigenvalue weighted by Gasteiger charge is -2.16. The Kier molecular flexibility index (Phi) is 3.57. The zero-order chi connectivity index (χ0) is 8.97. The van der Waals surface area contributed by atoms with Crippen molar-refractivity contribution in [3.63, 3.8) is 0 Å². The molecule has 0 spiro atoms. The van der Waals surface area contributed by atoms with Crippen molar-refractivity contribution < 1.29 is 5.11 Å². The molecule has 0 saturated carbocycles. The summed E-state index contributed by atoms with van der Waals surface area (Å²) in [5, 5.41) is 9.70. The van der Waals surface area contributed by atoms with Gasteiger partial charge in [0, 0.05) is 5.88 Å². The number of halogens is 1. The van der Waals surface area contributed by atoms with E-state index in [4.69, 9.17) is 11.6 Å². The van der Waals surface area contributed by atoms with Crippen LogP contribution in [0.15, 0.2) is 30.3 Å². The van der Waals surface area contributed by atoms with E-state index in [1.807, 2.05) is 37.3 Å². The number of aliphatic hydroxyl groups is 1. The number of alkyl halides is 1. The zero-order valence-corrected chi connectivity index (χ0v) is 7.83. The largest absolute Gasteiger partial charge is 0.388 e. The second-order valence-electron chi connectivity index (χ2n) is 2.99. The first kappa shape index (κ1) is 9.56. The minimum atomic E-state index is -0.441. The minimum absolute atomic E-state index is 0.106. The normalized spacial score (nSPS) is 15.6. The summed E-state index contributed by atoms with van der Waals surface area (Å²) in [6.45, 7) is 1.94. The zero-order valence-electron chi connectivity index (χ0n) is 7.07. The first-order valence-corrected chi connectivity index (χ1v) is 4.58. The summed E-state index contributed by atoms with van der Waals surface area (Å²) in [7, 11) is 0. The Balaban J connectivity index is 2.71. The fraction of sp³-hybridized carbons (Fsp3) is 0.400. The van der Waals surface area contributed by atoms with Gasteiger partial charge in [0.15, 0.2) is 0 Å². The van der Waals surface area contributed by atoms with Crippen LogP contribution in [0.3, 0.4) is 0 Å². The van der Waals surface area contributed by atoms with E-state index in [-0.39, 0.29) is 5.92 Å². The predicted molar refractivity (Wildman–Crippen MR) is 51.3 cm³/mol. The van der Waals surface area contributed by atoms with Gasteiger partial charge >= 0.3 is 0 Å². The molecule has 0 aliphatic heterocycles. The molecule has 0 aromatic heterocycles. The fourth-order valence-corrected chi connectivity index (χ4v) is 1.23. The molecule has 0 aliphatic carbocycles. The lowest BCUT2D eigenvalue weighted by molar-refractivity contribution is 0.128. The number of aliphatic hydroxyl groups excluding tert-OH is 1. The van der Waals surface area contributed by atoms with Gasteiger partial charge in [-0.15, -0.1) is 11.6 Å². The average Bonchev–Trinajstić information content (AvgIpc) is 2.17. The van der Waals surface area contributed by atoms with Crippen LogP contribution in [0.2, 0.25) is 0 Å². The van der Waals surface area contributed by atoms with Crippen LogP contribution >= 0.6 is 11.6 Å². The Morgan fingerprint density at radius 3 is 2.42 bits per heavy atom. The van der Waals surface area contributed by atoms with Crippen LogP contribution in [-0.2, 0) is 0 Å². The van der Waals surface area contributed by atoms with Gasteiger partial charge in [0.25, 0.3) is 0 Å². The molecule has 1 aromatic carbocycles. The van der Waals surface area contributed by atoms with Crippen LogP contribution in [0.25, 0.3) is 0 Å². The third-order valence-electron chi connectivity index (χ3n) is 1.92. The van der Waals surface area contributed by atoms with Crippen molar-refractivity contribution in [2.45, 2.75) is 13.0 Å². The lowest BCUT2D eigenvalue weighted by atomic mass is 9.99. The molecule has 1 rings (SSSR count). The third kappa shape index (κ3) is 2.23. The van der Waals surface area contributed by atoms with Crippen LogP contribution < -0.4 is 0 Å². The van der Waals surface area contributed by atoms with E-state index >= 15 is 0 Å². The second kappa shape index (κ2) is 4.48. The summed E-state index contributed by atoms with van der Waals surface area (Å²) in [6, 6.07) is 9.59.